The minimum atomic E-state index is -3.62. The molecular formula is C25H29N3O6S. The van der Waals surface area contributed by atoms with Crippen molar-refractivity contribution in [2.45, 2.75) is 38.2 Å². The normalized spacial score (nSPS) is 19.8. The molecule has 35 heavy (non-hydrogen) atoms. The molecule has 10 heteroatoms. The summed E-state index contributed by atoms with van der Waals surface area (Å²) in [6.07, 6.45) is 0.220. The van der Waals surface area contributed by atoms with E-state index in [0.717, 1.165) is 6.42 Å². The maximum Gasteiger partial charge on any atom is 0.338 e. The van der Waals surface area contributed by atoms with E-state index in [1.165, 1.54) is 28.6 Å². The Morgan fingerprint density at radius 2 is 1.66 bits per heavy atom. The zero-order valence-corrected chi connectivity index (χ0v) is 21.0. The Morgan fingerprint density at radius 1 is 1.03 bits per heavy atom. The lowest BCUT2D eigenvalue weighted by atomic mass is 9.94. The summed E-state index contributed by atoms with van der Waals surface area (Å²) in [5.74, 6) is 1.14. The molecule has 2 heterocycles. The lowest BCUT2D eigenvalue weighted by Gasteiger charge is -2.34. The van der Waals surface area contributed by atoms with Crippen LogP contribution in [0.1, 0.15) is 49.5 Å². The lowest BCUT2D eigenvalue weighted by molar-refractivity contribution is 0.0279. The molecule has 0 saturated carbocycles. The predicted molar refractivity (Wildman–Crippen MR) is 128 cm³/mol. The summed E-state index contributed by atoms with van der Waals surface area (Å²) in [6, 6.07) is 12.9. The summed E-state index contributed by atoms with van der Waals surface area (Å²) in [7, 11) is -2.04. The largest absolute Gasteiger partial charge is 0.497 e. The lowest BCUT2D eigenvalue weighted by Crippen LogP contribution is -2.42. The second kappa shape index (κ2) is 10.2. The van der Waals surface area contributed by atoms with Gasteiger partial charge in [-0.05, 0) is 73.7 Å². The van der Waals surface area contributed by atoms with Gasteiger partial charge in [0.15, 0.2) is 6.10 Å². The van der Waals surface area contributed by atoms with Crippen molar-refractivity contribution in [2.24, 2.45) is 11.8 Å². The molecule has 1 aromatic heterocycles. The fraction of sp³-hybridized carbons (Fsp3) is 0.400. The van der Waals surface area contributed by atoms with E-state index in [-0.39, 0.29) is 16.3 Å². The van der Waals surface area contributed by atoms with Crippen LogP contribution < -0.4 is 4.74 Å². The van der Waals surface area contributed by atoms with Crippen molar-refractivity contribution < 1.29 is 27.1 Å². The van der Waals surface area contributed by atoms with Crippen LogP contribution in [-0.4, -0.2) is 49.1 Å². The molecule has 9 nitrogen and oxygen atoms in total. The number of nitrogens with zero attached hydrogens (tertiary/aromatic N) is 3. The monoisotopic (exact) mass is 499 g/mol. The number of carbonyl (C=O) groups excluding carboxylic acids is 1. The molecule has 1 saturated heterocycles. The van der Waals surface area contributed by atoms with Gasteiger partial charge in [0.1, 0.15) is 5.75 Å². The number of ether oxygens (including phenoxy) is 2. The van der Waals surface area contributed by atoms with Crippen molar-refractivity contribution in [1.29, 1.82) is 0 Å². The number of carbonyl (C=O) groups is 1. The van der Waals surface area contributed by atoms with Crippen LogP contribution in [0.5, 0.6) is 5.75 Å². The molecule has 0 radical (unpaired) electrons. The fourth-order valence-electron chi connectivity index (χ4n) is 4.24. The highest BCUT2D eigenvalue weighted by molar-refractivity contribution is 7.89. The Hall–Kier alpha value is -3.24. The summed E-state index contributed by atoms with van der Waals surface area (Å²) >= 11 is 0. The molecule has 0 spiro atoms. The number of rotatable bonds is 7. The predicted octanol–water partition coefficient (Wildman–Crippen LogP) is 4.33. The van der Waals surface area contributed by atoms with Crippen LogP contribution in [0.3, 0.4) is 0 Å². The quantitative estimate of drug-likeness (QED) is 0.442. The standard InChI is InChI=1S/C25H29N3O6S/c1-16-13-17(2)15-28(14-16)35(30,31)22-11-7-20(8-12-22)25(29)33-18(3)23-26-27-24(34-23)19-5-9-21(32-4)10-6-19/h5-12,16-18H,13-15H2,1-4H3/t16-,17+,18-/m0/s1. The highest BCUT2D eigenvalue weighted by Crippen LogP contribution is 2.28. The first-order valence-electron chi connectivity index (χ1n) is 11.5. The molecule has 3 atom stereocenters. The molecule has 3 aromatic rings. The van der Waals surface area contributed by atoms with E-state index in [1.54, 1.807) is 38.3 Å². The van der Waals surface area contributed by atoms with Gasteiger partial charge >= 0.3 is 5.97 Å². The number of sulfonamides is 1. The Labute approximate surface area is 205 Å². The number of piperidine rings is 1. The van der Waals surface area contributed by atoms with E-state index in [9.17, 15) is 13.2 Å². The highest BCUT2D eigenvalue weighted by atomic mass is 32.2. The fourth-order valence-corrected chi connectivity index (χ4v) is 5.92. The summed E-state index contributed by atoms with van der Waals surface area (Å²) in [5.41, 5.74) is 0.934. The van der Waals surface area contributed by atoms with E-state index in [0.29, 0.717) is 42.1 Å². The molecule has 4 rings (SSSR count). The Kier molecular flexibility index (Phi) is 7.23. The van der Waals surface area contributed by atoms with Crippen molar-refractivity contribution in [3.63, 3.8) is 0 Å². The summed E-state index contributed by atoms with van der Waals surface area (Å²) in [6.45, 7) is 6.73. The molecule has 1 fully saturated rings. The van der Waals surface area contributed by atoms with Crippen LogP contribution in [0, 0.1) is 11.8 Å². The van der Waals surface area contributed by atoms with Gasteiger partial charge in [0.25, 0.3) is 5.89 Å². The number of benzene rings is 2. The first kappa shape index (κ1) is 24.9. The summed E-state index contributed by atoms with van der Waals surface area (Å²) < 4.78 is 43.9. The second-order valence-corrected chi connectivity index (χ2v) is 11.0. The van der Waals surface area contributed by atoms with Crippen LogP contribution in [0.2, 0.25) is 0 Å². The minimum absolute atomic E-state index is 0.150. The van der Waals surface area contributed by atoms with Crippen molar-refractivity contribution in [3.05, 3.63) is 60.0 Å². The van der Waals surface area contributed by atoms with E-state index >= 15 is 0 Å². The molecule has 0 amide bonds. The van der Waals surface area contributed by atoms with Crippen LogP contribution in [-0.2, 0) is 14.8 Å². The van der Waals surface area contributed by atoms with E-state index < -0.39 is 22.1 Å². The third kappa shape index (κ3) is 5.54. The molecule has 1 aliphatic rings. The third-order valence-electron chi connectivity index (χ3n) is 5.97. The van der Waals surface area contributed by atoms with Gasteiger partial charge in [-0.25, -0.2) is 13.2 Å². The van der Waals surface area contributed by atoms with Gasteiger partial charge in [-0.3, -0.25) is 0 Å². The molecule has 0 unspecified atom stereocenters. The van der Waals surface area contributed by atoms with Gasteiger partial charge < -0.3 is 13.9 Å². The van der Waals surface area contributed by atoms with Crippen molar-refractivity contribution >= 4 is 16.0 Å². The molecule has 0 aliphatic carbocycles. The molecule has 2 aromatic carbocycles. The smallest absolute Gasteiger partial charge is 0.338 e. The van der Waals surface area contributed by atoms with Gasteiger partial charge in [-0.15, -0.1) is 10.2 Å². The Bertz CT molecular complexity index is 1260. The highest BCUT2D eigenvalue weighted by Gasteiger charge is 2.31. The maximum atomic E-state index is 13.1. The number of esters is 1. The first-order valence-corrected chi connectivity index (χ1v) is 12.9. The van der Waals surface area contributed by atoms with Crippen molar-refractivity contribution in [3.8, 4) is 17.2 Å². The first-order chi connectivity index (χ1) is 16.7. The second-order valence-electron chi connectivity index (χ2n) is 9.01. The third-order valence-corrected chi connectivity index (χ3v) is 7.82. The molecule has 1 aliphatic heterocycles. The zero-order chi connectivity index (χ0) is 25.2. The van der Waals surface area contributed by atoms with Gasteiger partial charge in [0.2, 0.25) is 15.9 Å². The van der Waals surface area contributed by atoms with Gasteiger partial charge in [0, 0.05) is 18.7 Å². The van der Waals surface area contributed by atoms with Crippen LogP contribution in [0.25, 0.3) is 11.5 Å². The molecular weight excluding hydrogens is 470 g/mol. The van der Waals surface area contributed by atoms with Crippen LogP contribution in [0.4, 0.5) is 0 Å². The summed E-state index contributed by atoms with van der Waals surface area (Å²) in [4.78, 5) is 12.8. The molecule has 0 bridgehead atoms. The van der Waals surface area contributed by atoms with Gasteiger partial charge in [0.05, 0.1) is 17.6 Å². The minimum Gasteiger partial charge on any atom is -0.497 e. The topological polar surface area (TPSA) is 112 Å². The number of hydrogen-bond donors (Lipinski definition) is 0. The summed E-state index contributed by atoms with van der Waals surface area (Å²) in [5, 5.41) is 8.00. The Morgan fingerprint density at radius 3 is 2.26 bits per heavy atom. The van der Waals surface area contributed by atoms with Crippen LogP contribution >= 0.6 is 0 Å². The molecule has 186 valence electrons. The van der Waals surface area contributed by atoms with E-state index in [4.69, 9.17) is 13.9 Å². The average molecular weight is 500 g/mol. The van der Waals surface area contributed by atoms with Crippen molar-refractivity contribution in [1.82, 2.24) is 14.5 Å². The average Bonchev–Trinajstić information content (AvgIpc) is 3.34. The number of aromatic nitrogens is 2. The van der Waals surface area contributed by atoms with E-state index in [2.05, 4.69) is 24.0 Å². The van der Waals surface area contributed by atoms with E-state index in [1.807, 2.05) is 0 Å². The molecule has 0 N–H and O–H groups in total. The van der Waals surface area contributed by atoms with Gasteiger partial charge in [-0.1, -0.05) is 13.8 Å². The number of hydrogen-bond acceptors (Lipinski definition) is 8. The maximum absolute atomic E-state index is 13.1. The SMILES string of the molecule is COc1ccc(-c2nnc([C@H](C)OC(=O)c3ccc(S(=O)(=O)N4C[C@H](C)C[C@H](C)C4)cc3)o2)cc1. The van der Waals surface area contributed by atoms with Crippen molar-refractivity contribution in [2.75, 3.05) is 20.2 Å². The Balaban J connectivity index is 1.41. The van der Waals surface area contributed by atoms with Crippen LogP contribution in [0.15, 0.2) is 57.8 Å². The van der Waals surface area contributed by atoms with Gasteiger partial charge in [-0.2, -0.15) is 4.31 Å². The zero-order valence-electron chi connectivity index (χ0n) is 20.2. The number of methoxy groups -OCH3 is 1.